The number of rotatable bonds is 11. The quantitative estimate of drug-likeness (QED) is 0.368. The van der Waals surface area contributed by atoms with Gasteiger partial charge < -0.3 is 24.4 Å². The second-order valence-electron chi connectivity index (χ2n) is 9.96. The van der Waals surface area contributed by atoms with Crippen LogP contribution in [0.3, 0.4) is 0 Å². The zero-order valence-electron chi connectivity index (χ0n) is 20.2. The topological polar surface area (TPSA) is 88.5 Å². The van der Waals surface area contributed by atoms with Gasteiger partial charge in [-0.2, -0.15) is 0 Å². The van der Waals surface area contributed by atoms with Crippen molar-refractivity contribution in [1.82, 2.24) is 0 Å². The summed E-state index contributed by atoms with van der Waals surface area (Å²) < 4.78 is 17.6. The molecule has 31 heavy (non-hydrogen) atoms. The van der Waals surface area contributed by atoms with E-state index in [4.69, 9.17) is 19.3 Å². The number of allylic oxidation sites excluding steroid dienone is 3. The molecule has 0 saturated carbocycles. The van der Waals surface area contributed by atoms with Gasteiger partial charge in [-0.3, -0.25) is 4.79 Å². The average molecular weight is 439 g/mol. The third-order valence-electron chi connectivity index (χ3n) is 6.86. The number of hydrogen-bond acceptors (Lipinski definition) is 5. The number of aliphatic hydroxyl groups is 1. The lowest BCUT2D eigenvalue weighted by molar-refractivity contribution is -0.143. The van der Waals surface area contributed by atoms with E-state index in [1.807, 2.05) is 0 Å². The largest absolute Gasteiger partial charge is 0.481 e. The van der Waals surface area contributed by atoms with Gasteiger partial charge in [0.1, 0.15) is 0 Å². The Hall–Kier alpha value is -1.21. The van der Waals surface area contributed by atoms with Crippen LogP contribution in [0.15, 0.2) is 23.8 Å². The number of aliphatic carboxylic acids is 1. The summed E-state index contributed by atoms with van der Waals surface area (Å²) in [5.41, 5.74) is 0.935. The first-order valence-corrected chi connectivity index (χ1v) is 11.6. The van der Waals surface area contributed by atoms with Crippen LogP contribution in [0.4, 0.5) is 0 Å². The number of carboxylic acid groups (broad SMARTS) is 1. The van der Waals surface area contributed by atoms with Gasteiger partial charge in [-0.05, 0) is 57.4 Å². The van der Waals surface area contributed by atoms with Crippen LogP contribution in [0, 0.1) is 17.8 Å². The summed E-state index contributed by atoms with van der Waals surface area (Å²) >= 11 is 0. The zero-order valence-corrected chi connectivity index (χ0v) is 20.2. The summed E-state index contributed by atoms with van der Waals surface area (Å²) in [5, 5.41) is 19.0. The maximum atomic E-state index is 11.0. The Balaban J connectivity index is 1.89. The number of aliphatic hydroxyl groups excluding tert-OH is 1. The molecule has 0 bridgehead atoms. The molecule has 9 atom stereocenters. The van der Waals surface area contributed by atoms with Crippen molar-refractivity contribution in [2.24, 2.45) is 17.8 Å². The molecule has 0 aromatic carbocycles. The first-order valence-electron chi connectivity index (χ1n) is 11.6. The third-order valence-corrected chi connectivity index (χ3v) is 6.86. The van der Waals surface area contributed by atoms with Crippen LogP contribution in [0.25, 0.3) is 0 Å². The third kappa shape index (κ3) is 7.14. The van der Waals surface area contributed by atoms with Crippen molar-refractivity contribution in [3.05, 3.63) is 23.8 Å². The van der Waals surface area contributed by atoms with Crippen molar-refractivity contribution >= 4 is 5.97 Å². The lowest BCUT2D eigenvalue weighted by Gasteiger charge is -2.35. The van der Waals surface area contributed by atoms with E-state index in [-0.39, 0.29) is 42.4 Å². The number of ether oxygens (including phenoxy) is 3. The fraction of sp³-hybridized carbons (Fsp3) is 0.800. The van der Waals surface area contributed by atoms with E-state index in [9.17, 15) is 9.90 Å². The van der Waals surface area contributed by atoms with Crippen LogP contribution in [0.2, 0.25) is 0 Å². The lowest BCUT2D eigenvalue weighted by Crippen LogP contribution is -2.36. The summed E-state index contributed by atoms with van der Waals surface area (Å²) in [6.45, 7) is 12.4. The van der Waals surface area contributed by atoms with Crippen molar-refractivity contribution in [3.8, 4) is 0 Å². The van der Waals surface area contributed by atoms with Crippen LogP contribution < -0.4 is 0 Å². The molecule has 2 aliphatic rings. The number of carbonyl (C=O) groups is 1. The molecule has 6 nitrogen and oxygen atoms in total. The first kappa shape index (κ1) is 26.0. The van der Waals surface area contributed by atoms with Crippen molar-refractivity contribution in [2.45, 2.75) is 103 Å². The minimum Gasteiger partial charge on any atom is -0.481 e. The monoisotopic (exact) mass is 438 g/mol. The fourth-order valence-electron chi connectivity index (χ4n) is 5.22. The van der Waals surface area contributed by atoms with E-state index in [2.05, 4.69) is 52.8 Å². The molecule has 0 aliphatic carbocycles. The average Bonchev–Trinajstić information content (AvgIpc) is 3.33. The van der Waals surface area contributed by atoms with Gasteiger partial charge in [0, 0.05) is 13.0 Å². The van der Waals surface area contributed by atoms with Gasteiger partial charge in [-0.1, -0.05) is 39.0 Å². The highest BCUT2D eigenvalue weighted by Gasteiger charge is 2.56. The molecule has 2 N–H and O–H groups in total. The molecule has 0 spiro atoms. The Bertz CT molecular complexity index is 656. The van der Waals surface area contributed by atoms with Crippen LogP contribution in [-0.2, 0) is 19.0 Å². The highest BCUT2D eigenvalue weighted by Crippen LogP contribution is 2.47. The Morgan fingerprint density at radius 2 is 1.97 bits per heavy atom. The standard InChI is InChI=1S/C25H42O6/c1-15(14-25(6)24(31-25)18(4)23(29-7)19(5)26)9-8-10-16(2)22-17(3)11-12-20(30-22)13-21(27)28/h8-10,15,17-20,22-24,26H,11-14H2,1-7H3,(H,27,28)/b9-8+,16-10+/t15-,17+,18-,19-,20-,22-,23-,24?,25-/m1/s1. The SMILES string of the molecule is CO[C@@H]([C@@H](C)O)[C@@H](C)C1O[C@]1(C)C[C@H](C)/C=C/C=C(\C)[C@H]1O[C@@H](CC(=O)O)CC[C@@H]1C. The molecule has 2 aliphatic heterocycles. The minimum absolute atomic E-state index is 0.0287. The summed E-state index contributed by atoms with van der Waals surface area (Å²) in [5.74, 6) is 0.0402. The van der Waals surface area contributed by atoms with Crippen LogP contribution in [0.5, 0.6) is 0 Å². The predicted octanol–water partition coefficient (Wildman–Crippen LogP) is 4.36. The first-order chi connectivity index (χ1) is 14.5. The molecular formula is C25H42O6. The maximum Gasteiger partial charge on any atom is 0.305 e. The van der Waals surface area contributed by atoms with Crippen molar-refractivity contribution in [2.75, 3.05) is 7.11 Å². The maximum absolute atomic E-state index is 11.0. The molecule has 2 rings (SSSR count). The van der Waals surface area contributed by atoms with Crippen LogP contribution in [-0.4, -0.2) is 59.4 Å². The van der Waals surface area contributed by atoms with Crippen molar-refractivity contribution in [1.29, 1.82) is 0 Å². The summed E-state index contributed by atoms with van der Waals surface area (Å²) in [4.78, 5) is 11.0. The molecule has 0 aromatic heterocycles. The second kappa shape index (κ2) is 11.1. The second-order valence-corrected chi connectivity index (χ2v) is 9.96. The Labute approximate surface area is 187 Å². The summed E-state index contributed by atoms with van der Waals surface area (Å²) in [6, 6.07) is 0. The number of methoxy groups -OCH3 is 1. The molecule has 6 heteroatoms. The van der Waals surface area contributed by atoms with Gasteiger partial charge in [-0.15, -0.1) is 0 Å². The predicted molar refractivity (Wildman–Crippen MR) is 121 cm³/mol. The summed E-state index contributed by atoms with van der Waals surface area (Å²) in [6.07, 6.45) is 8.21. The van der Waals surface area contributed by atoms with Crippen molar-refractivity contribution in [3.63, 3.8) is 0 Å². The van der Waals surface area contributed by atoms with Gasteiger partial charge in [-0.25, -0.2) is 0 Å². The fourth-order valence-corrected chi connectivity index (χ4v) is 5.22. The van der Waals surface area contributed by atoms with Gasteiger partial charge in [0.2, 0.25) is 0 Å². The molecule has 2 heterocycles. The highest BCUT2D eigenvalue weighted by molar-refractivity contribution is 5.67. The van der Waals surface area contributed by atoms with E-state index in [0.29, 0.717) is 11.8 Å². The Morgan fingerprint density at radius 1 is 1.29 bits per heavy atom. The van der Waals surface area contributed by atoms with E-state index in [1.54, 1.807) is 14.0 Å². The van der Waals surface area contributed by atoms with E-state index < -0.39 is 12.1 Å². The number of epoxide rings is 1. The van der Waals surface area contributed by atoms with E-state index in [0.717, 1.165) is 24.8 Å². The zero-order chi connectivity index (χ0) is 23.3. The van der Waals surface area contributed by atoms with Gasteiger partial charge >= 0.3 is 5.97 Å². The smallest absolute Gasteiger partial charge is 0.305 e. The molecule has 0 radical (unpaired) electrons. The molecule has 0 amide bonds. The van der Waals surface area contributed by atoms with E-state index in [1.165, 1.54) is 0 Å². The molecule has 2 fully saturated rings. The number of carboxylic acids is 1. The molecule has 0 aromatic rings. The van der Waals surface area contributed by atoms with Gasteiger partial charge in [0.05, 0.1) is 42.5 Å². The Kier molecular flexibility index (Phi) is 9.31. The molecule has 178 valence electrons. The van der Waals surface area contributed by atoms with Crippen LogP contribution in [0.1, 0.15) is 67.2 Å². The normalized spacial score (nSPS) is 35.5. The molecule has 2 saturated heterocycles. The minimum atomic E-state index is -0.803. The van der Waals surface area contributed by atoms with Gasteiger partial charge in [0.15, 0.2) is 0 Å². The Morgan fingerprint density at radius 3 is 2.55 bits per heavy atom. The van der Waals surface area contributed by atoms with Gasteiger partial charge in [0.25, 0.3) is 0 Å². The van der Waals surface area contributed by atoms with Crippen molar-refractivity contribution < 1.29 is 29.2 Å². The highest BCUT2D eigenvalue weighted by atomic mass is 16.6. The van der Waals surface area contributed by atoms with E-state index >= 15 is 0 Å². The molecule has 1 unspecified atom stereocenters. The lowest BCUT2D eigenvalue weighted by atomic mass is 9.85. The van der Waals surface area contributed by atoms with Crippen LogP contribution >= 0.6 is 0 Å². The molecular weight excluding hydrogens is 396 g/mol. The number of hydrogen-bond donors (Lipinski definition) is 2. The summed E-state index contributed by atoms with van der Waals surface area (Å²) in [7, 11) is 1.63.